The van der Waals surface area contributed by atoms with E-state index in [0.29, 0.717) is 30.3 Å². The van der Waals surface area contributed by atoms with Crippen molar-refractivity contribution in [3.05, 3.63) is 46.4 Å². The van der Waals surface area contributed by atoms with Crippen LogP contribution in [0.2, 0.25) is 5.02 Å². The Morgan fingerprint density at radius 1 is 1.34 bits per heavy atom. The molecule has 0 bridgehead atoms. The summed E-state index contributed by atoms with van der Waals surface area (Å²) in [7, 11) is 0. The van der Waals surface area contributed by atoms with E-state index in [1.54, 1.807) is 19.1 Å². The van der Waals surface area contributed by atoms with Crippen LogP contribution >= 0.6 is 11.6 Å². The first-order valence-electron chi connectivity index (χ1n) is 9.68. The van der Waals surface area contributed by atoms with E-state index < -0.39 is 5.82 Å². The summed E-state index contributed by atoms with van der Waals surface area (Å²) < 4.78 is 13.2. The molecule has 1 fully saturated rings. The van der Waals surface area contributed by atoms with Crippen LogP contribution in [0.25, 0.3) is 0 Å². The number of halogens is 2. The zero-order valence-corrected chi connectivity index (χ0v) is 17.0. The van der Waals surface area contributed by atoms with Crippen LogP contribution in [0.5, 0.6) is 0 Å². The van der Waals surface area contributed by atoms with Gasteiger partial charge in [-0.3, -0.25) is 4.79 Å². The van der Waals surface area contributed by atoms with Crippen molar-refractivity contribution >= 4 is 29.2 Å². The number of hydrogen-bond acceptors (Lipinski definition) is 6. The molecule has 1 heterocycles. The second kappa shape index (κ2) is 9.66. The van der Waals surface area contributed by atoms with Gasteiger partial charge in [0, 0.05) is 18.5 Å². The molecule has 2 aromatic rings. The molecular weight excluding hydrogens is 393 g/mol. The zero-order chi connectivity index (χ0) is 20.8. The molecule has 1 aliphatic rings. The molecule has 0 saturated heterocycles. The Hall–Kier alpha value is -2.72. The highest BCUT2D eigenvalue weighted by Gasteiger charge is 2.24. The maximum atomic E-state index is 13.2. The molecule has 0 unspecified atom stereocenters. The summed E-state index contributed by atoms with van der Waals surface area (Å²) in [6.45, 7) is 2.19. The maximum absolute atomic E-state index is 13.2. The number of anilines is 2. The monoisotopic (exact) mass is 415 g/mol. The van der Waals surface area contributed by atoms with E-state index in [2.05, 4.69) is 26.7 Å². The standard InChI is InChI=1S/C21H23ClFN5O/c1-13(29)15-3-5-17(6-4-15)27-20-16(11-24)12-26-21(28-20)25-9-8-14-2-7-19(23)18(22)10-14/h2,7,10,12,15,17H,3-6,8-9H2,1H3,(H2,25,26,27,28). The average molecular weight is 416 g/mol. The summed E-state index contributed by atoms with van der Waals surface area (Å²) in [4.78, 5) is 20.2. The molecule has 29 heavy (non-hydrogen) atoms. The Labute approximate surface area is 174 Å². The minimum absolute atomic E-state index is 0.100. The van der Waals surface area contributed by atoms with Gasteiger partial charge in [-0.25, -0.2) is 9.37 Å². The molecular formula is C21H23ClFN5O. The molecule has 152 valence electrons. The van der Waals surface area contributed by atoms with Gasteiger partial charge in [0.05, 0.1) is 11.2 Å². The highest BCUT2D eigenvalue weighted by molar-refractivity contribution is 6.30. The maximum Gasteiger partial charge on any atom is 0.224 e. The quantitative estimate of drug-likeness (QED) is 0.698. The minimum atomic E-state index is -0.438. The smallest absolute Gasteiger partial charge is 0.224 e. The molecule has 0 radical (unpaired) electrons. The van der Waals surface area contributed by atoms with Crippen LogP contribution in [0.1, 0.15) is 43.7 Å². The summed E-state index contributed by atoms with van der Waals surface area (Å²) in [6, 6.07) is 6.93. The van der Waals surface area contributed by atoms with Crippen LogP contribution in [0.3, 0.4) is 0 Å². The van der Waals surface area contributed by atoms with Gasteiger partial charge in [0.25, 0.3) is 0 Å². The highest BCUT2D eigenvalue weighted by atomic mass is 35.5. The Morgan fingerprint density at radius 3 is 2.76 bits per heavy atom. The van der Waals surface area contributed by atoms with Gasteiger partial charge in [-0.05, 0) is 56.7 Å². The molecule has 0 amide bonds. The number of hydrogen-bond donors (Lipinski definition) is 2. The van der Waals surface area contributed by atoms with E-state index in [-0.39, 0.29) is 22.8 Å². The molecule has 1 saturated carbocycles. The third-order valence-electron chi connectivity index (χ3n) is 5.23. The van der Waals surface area contributed by atoms with Crippen molar-refractivity contribution in [2.24, 2.45) is 5.92 Å². The van der Waals surface area contributed by atoms with Crippen molar-refractivity contribution in [2.75, 3.05) is 17.2 Å². The number of carbonyl (C=O) groups excluding carboxylic acids is 1. The van der Waals surface area contributed by atoms with E-state index in [1.165, 1.54) is 12.3 Å². The molecule has 6 nitrogen and oxygen atoms in total. The third-order valence-corrected chi connectivity index (χ3v) is 5.52. The lowest BCUT2D eigenvalue weighted by Gasteiger charge is -2.28. The first kappa shape index (κ1) is 21.0. The summed E-state index contributed by atoms with van der Waals surface area (Å²) >= 11 is 5.81. The lowest BCUT2D eigenvalue weighted by Crippen LogP contribution is -2.29. The number of nitrogens with one attached hydrogen (secondary N) is 2. The summed E-state index contributed by atoms with van der Waals surface area (Å²) in [5.41, 5.74) is 1.28. The lowest BCUT2D eigenvalue weighted by molar-refractivity contribution is -0.121. The van der Waals surface area contributed by atoms with Gasteiger partial charge in [0.15, 0.2) is 0 Å². The topological polar surface area (TPSA) is 90.7 Å². The van der Waals surface area contributed by atoms with Gasteiger partial charge in [-0.15, -0.1) is 0 Å². The SMILES string of the molecule is CC(=O)C1CCC(Nc2nc(NCCc3ccc(F)c(Cl)c3)ncc2C#N)CC1. The Kier molecular flexibility index (Phi) is 6.99. The number of carbonyl (C=O) groups is 1. The predicted molar refractivity (Wildman–Crippen MR) is 110 cm³/mol. The van der Waals surface area contributed by atoms with Crippen LogP contribution in [0, 0.1) is 23.1 Å². The van der Waals surface area contributed by atoms with Gasteiger partial charge in [-0.2, -0.15) is 10.2 Å². The Balaban J connectivity index is 1.59. The van der Waals surface area contributed by atoms with Gasteiger partial charge in [0.1, 0.15) is 29.1 Å². The summed E-state index contributed by atoms with van der Waals surface area (Å²) in [5.74, 6) is 0.869. The fourth-order valence-corrected chi connectivity index (χ4v) is 3.71. The van der Waals surface area contributed by atoms with E-state index in [1.807, 2.05) is 0 Å². The van der Waals surface area contributed by atoms with Crippen molar-refractivity contribution in [2.45, 2.75) is 45.1 Å². The molecule has 0 atom stereocenters. The molecule has 3 rings (SSSR count). The number of nitrogens with zero attached hydrogens (tertiary/aromatic N) is 3. The number of ketones is 1. The molecule has 0 spiro atoms. The Bertz CT molecular complexity index is 922. The van der Waals surface area contributed by atoms with Gasteiger partial charge < -0.3 is 10.6 Å². The average Bonchev–Trinajstić information content (AvgIpc) is 2.71. The number of nitriles is 1. The molecule has 8 heteroatoms. The summed E-state index contributed by atoms with van der Waals surface area (Å²) in [5, 5.41) is 15.9. The number of Topliss-reactive ketones (excluding diaryl/α,β-unsaturated/α-hetero) is 1. The second-order valence-electron chi connectivity index (χ2n) is 7.30. The second-order valence-corrected chi connectivity index (χ2v) is 7.70. The number of benzene rings is 1. The van der Waals surface area contributed by atoms with Crippen molar-refractivity contribution in [1.29, 1.82) is 5.26 Å². The first-order valence-corrected chi connectivity index (χ1v) is 10.1. The normalized spacial score (nSPS) is 18.7. The first-order chi connectivity index (χ1) is 14.0. The molecule has 1 aromatic heterocycles. The van der Waals surface area contributed by atoms with Crippen LogP contribution in [0.15, 0.2) is 24.4 Å². The fourth-order valence-electron chi connectivity index (χ4n) is 3.51. The van der Waals surface area contributed by atoms with Crippen molar-refractivity contribution in [3.8, 4) is 6.07 Å². The van der Waals surface area contributed by atoms with Crippen molar-refractivity contribution in [1.82, 2.24) is 9.97 Å². The van der Waals surface area contributed by atoms with Crippen molar-refractivity contribution in [3.63, 3.8) is 0 Å². The molecule has 1 aliphatic carbocycles. The third kappa shape index (κ3) is 5.64. The molecule has 0 aliphatic heterocycles. The van der Waals surface area contributed by atoms with Crippen LogP contribution < -0.4 is 10.6 Å². The zero-order valence-electron chi connectivity index (χ0n) is 16.2. The van der Waals surface area contributed by atoms with Crippen LogP contribution in [-0.4, -0.2) is 28.3 Å². The highest BCUT2D eigenvalue weighted by Crippen LogP contribution is 2.27. The summed E-state index contributed by atoms with van der Waals surface area (Å²) in [6.07, 6.45) is 5.56. The van der Waals surface area contributed by atoms with E-state index in [9.17, 15) is 14.4 Å². The lowest BCUT2D eigenvalue weighted by atomic mass is 9.84. The fraction of sp³-hybridized carbons (Fsp3) is 0.429. The molecule has 2 N–H and O–H groups in total. The van der Waals surface area contributed by atoms with Gasteiger partial charge >= 0.3 is 0 Å². The predicted octanol–water partition coefficient (Wildman–Crippen LogP) is 4.36. The van der Waals surface area contributed by atoms with Crippen LogP contribution in [-0.2, 0) is 11.2 Å². The number of aromatic nitrogens is 2. The van der Waals surface area contributed by atoms with E-state index in [4.69, 9.17) is 11.6 Å². The largest absolute Gasteiger partial charge is 0.366 e. The van der Waals surface area contributed by atoms with E-state index >= 15 is 0 Å². The van der Waals surface area contributed by atoms with Gasteiger partial charge in [-0.1, -0.05) is 17.7 Å². The van der Waals surface area contributed by atoms with Gasteiger partial charge in [0.2, 0.25) is 5.95 Å². The van der Waals surface area contributed by atoms with E-state index in [0.717, 1.165) is 31.2 Å². The van der Waals surface area contributed by atoms with Crippen LogP contribution in [0.4, 0.5) is 16.2 Å². The molecule has 1 aromatic carbocycles. The van der Waals surface area contributed by atoms with Crippen molar-refractivity contribution < 1.29 is 9.18 Å². The minimum Gasteiger partial charge on any atom is -0.366 e. The Morgan fingerprint density at radius 2 is 2.10 bits per heavy atom. The number of rotatable bonds is 7.